The van der Waals surface area contributed by atoms with Gasteiger partial charge in [0, 0.05) is 15.8 Å². The fourth-order valence-electron chi connectivity index (χ4n) is 1.91. The largest absolute Gasteiger partial charge is 0.244 e. The molecule has 0 N–H and O–H groups in total. The summed E-state index contributed by atoms with van der Waals surface area (Å²) in [6.45, 7) is 0. The van der Waals surface area contributed by atoms with Crippen LogP contribution in [-0.2, 0) is 0 Å². The Bertz CT molecular complexity index is 833. The Morgan fingerprint density at radius 3 is 2.37 bits per heavy atom. The number of fused-ring (bicyclic) bond motifs is 2. The Morgan fingerprint density at radius 2 is 1.63 bits per heavy atom. The molecule has 0 fully saturated rings. The first kappa shape index (κ1) is 12.5. The molecule has 0 unspecified atom stereocenters. The van der Waals surface area contributed by atoms with Gasteiger partial charge < -0.3 is 0 Å². The van der Waals surface area contributed by atoms with Crippen LogP contribution in [0, 0.1) is 17.5 Å². The molecule has 0 saturated carbocycles. The predicted molar refractivity (Wildman–Crippen MR) is 69.1 cm³/mol. The molecule has 0 aliphatic carbocycles. The molecule has 3 aromatic rings. The highest BCUT2D eigenvalue weighted by molar-refractivity contribution is 6.40. The van der Waals surface area contributed by atoms with Gasteiger partial charge in [0.25, 0.3) is 0 Å². The van der Waals surface area contributed by atoms with Crippen molar-refractivity contribution in [1.82, 2.24) is 4.98 Å². The van der Waals surface area contributed by atoms with Crippen molar-refractivity contribution in [2.75, 3.05) is 0 Å². The fourth-order valence-corrected chi connectivity index (χ4v) is 2.38. The zero-order valence-corrected chi connectivity index (χ0v) is 10.7. The lowest BCUT2D eigenvalue weighted by Crippen LogP contribution is -1.96. The van der Waals surface area contributed by atoms with Gasteiger partial charge in [-0.1, -0.05) is 23.2 Å². The Kier molecular flexibility index (Phi) is 2.80. The lowest BCUT2D eigenvalue weighted by atomic mass is 10.1. The number of hydrogen-bond donors (Lipinski definition) is 0. The zero-order chi connectivity index (χ0) is 13.7. The molecule has 2 aromatic carbocycles. The summed E-state index contributed by atoms with van der Waals surface area (Å²) in [5, 5.41) is 1.00. The van der Waals surface area contributed by atoms with Gasteiger partial charge in [0.05, 0.1) is 10.5 Å². The maximum atomic E-state index is 13.7. The van der Waals surface area contributed by atoms with Gasteiger partial charge in [0.1, 0.15) is 5.52 Å². The first-order chi connectivity index (χ1) is 8.99. The normalized spacial score (nSPS) is 11.4. The molecule has 0 radical (unpaired) electrons. The fraction of sp³-hybridized carbons (Fsp3) is 0. The van der Waals surface area contributed by atoms with Crippen LogP contribution in [0.2, 0.25) is 10.0 Å². The standard InChI is InChI=1S/C13H4Cl2F3N/c14-5-1-2-6-9(3-5)19-13-7(10(6)15)4-8(16)11(17)12(13)18/h1-4H. The van der Waals surface area contributed by atoms with E-state index in [0.29, 0.717) is 15.9 Å². The first-order valence-electron chi connectivity index (χ1n) is 5.21. The molecule has 1 nitrogen and oxygen atoms in total. The van der Waals surface area contributed by atoms with Gasteiger partial charge in [-0.05, 0) is 24.3 Å². The number of benzene rings is 2. The number of pyridine rings is 1. The molecule has 6 heteroatoms. The van der Waals surface area contributed by atoms with Gasteiger partial charge in [-0.15, -0.1) is 0 Å². The minimum absolute atomic E-state index is 0.0212. The number of halogens is 5. The van der Waals surface area contributed by atoms with E-state index in [0.717, 1.165) is 6.07 Å². The van der Waals surface area contributed by atoms with Crippen LogP contribution in [0.5, 0.6) is 0 Å². The van der Waals surface area contributed by atoms with Crippen LogP contribution in [0.25, 0.3) is 21.8 Å². The molecule has 0 bridgehead atoms. The van der Waals surface area contributed by atoms with Gasteiger partial charge in [0.2, 0.25) is 0 Å². The van der Waals surface area contributed by atoms with Crippen LogP contribution >= 0.6 is 23.2 Å². The van der Waals surface area contributed by atoms with Crippen molar-refractivity contribution in [3.8, 4) is 0 Å². The minimum Gasteiger partial charge on any atom is -0.244 e. The molecule has 1 aromatic heterocycles. The maximum Gasteiger partial charge on any atom is 0.196 e. The summed E-state index contributed by atoms with van der Waals surface area (Å²) in [5.74, 6) is -4.24. The third kappa shape index (κ3) is 1.83. The summed E-state index contributed by atoms with van der Waals surface area (Å²) >= 11 is 11.9. The van der Waals surface area contributed by atoms with Gasteiger partial charge in [0.15, 0.2) is 17.5 Å². The van der Waals surface area contributed by atoms with Crippen LogP contribution in [0.4, 0.5) is 13.2 Å². The minimum atomic E-state index is -1.57. The smallest absolute Gasteiger partial charge is 0.196 e. The van der Waals surface area contributed by atoms with Crippen molar-refractivity contribution in [2.24, 2.45) is 0 Å². The summed E-state index contributed by atoms with van der Waals surface area (Å²) in [4.78, 5) is 3.95. The summed E-state index contributed by atoms with van der Waals surface area (Å²) in [6, 6.07) is 5.48. The van der Waals surface area contributed by atoms with Crippen LogP contribution < -0.4 is 0 Å². The molecule has 0 aliphatic heterocycles. The lowest BCUT2D eigenvalue weighted by molar-refractivity contribution is 0.452. The monoisotopic (exact) mass is 301 g/mol. The van der Waals surface area contributed by atoms with Crippen LogP contribution in [-0.4, -0.2) is 4.98 Å². The van der Waals surface area contributed by atoms with Gasteiger partial charge in [-0.2, -0.15) is 0 Å². The highest BCUT2D eigenvalue weighted by atomic mass is 35.5. The molecular weight excluding hydrogens is 298 g/mol. The molecular formula is C13H4Cl2F3N. The number of hydrogen-bond acceptors (Lipinski definition) is 1. The molecule has 0 amide bonds. The maximum absolute atomic E-state index is 13.7. The number of nitrogens with zero attached hydrogens (tertiary/aromatic N) is 1. The van der Waals surface area contributed by atoms with E-state index in [1.54, 1.807) is 12.1 Å². The zero-order valence-electron chi connectivity index (χ0n) is 9.15. The quantitative estimate of drug-likeness (QED) is 0.415. The average molecular weight is 302 g/mol. The SMILES string of the molecule is Fc1cc2c(Cl)c3ccc(Cl)cc3nc2c(F)c1F. The highest BCUT2D eigenvalue weighted by Gasteiger charge is 2.18. The van der Waals surface area contributed by atoms with E-state index in [1.165, 1.54) is 6.07 Å². The molecule has 1 heterocycles. The summed E-state index contributed by atoms with van der Waals surface area (Å²) in [6.07, 6.45) is 0. The summed E-state index contributed by atoms with van der Waals surface area (Å²) in [5.41, 5.74) is -0.00595. The Balaban J connectivity index is 2.57. The molecule has 96 valence electrons. The molecule has 0 spiro atoms. The summed E-state index contributed by atoms with van der Waals surface area (Å²) < 4.78 is 40.1. The summed E-state index contributed by atoms with van der Waals surface area (Å²) in [7, 11) is 0. The van der Waals surface area contributed by atoms with E-state index >= 15 is 0 Å². The van der Waals surface area contributed by atoms with E-state index in [-0.39, 0.29) is 15.9 Å². The lowest BCUT2D eigenvalue weighted by Gasteiger charge is -2.07. The second-order valence-corrected chi connectivity index (χ2v) is 4.78. The van der Waals surface area contributed by atoms with Gasteiger partial charge in [-0.3, -0.25) is 0 Å². The molecule has 19 heavy (non-hydrogen) atoms. The van der Waals surface area contributed by atoms with Crippen LogP contribution in [0.1, 0.15) is 0 Å². The second kappa shape index (κ2) is 4.25. The second-order valence-electron chi connectivity index (χ2n) is 3.97. The van der Waals surface area contributed by atoms with Crippen molar-refractivity contribution in [3.63, 3.8) is 0 Å². The van der Waals surface area contributed by atoms with Gasteiger partial charge in [-0.25, -0.2) is 18.2 Å². The topological polar surface area (TPSA) is 12.9 Å². The highest BCUT2D eigenvalue weighted by Crippen LogP contribution is 2.34. The van der Waals surface area contributed by atoms with Crippen molar-refractivity contribution in [2.45, 2.75) is 0 Å². The van der Waals surface area contributed by atoms with Crippen LogP contribution in [0.3, 0.4) is 0 Å². The Morgan fingerprint density at radius 1 is 0.895 bits per heavy atom. The van der Waals surface area contributed by atoms with Gasteiger partial charge >= 0.3 is 0 Å². The van der Waals surface area contributed by atoms with E-state index in [4.69, 9.17) is 23.2 Å². The molecule has 0 atom stereocenters. The molecule has 0 aliphatic rings. The predicted octanol–water partition coefficient (Wildman–Crippen LogP) is 5.11. The third-order valence-corrected chi connectivity index (χ3v) is 3.44. The van der Waals surface area contributed by atoms with Crippen molar-refractivity contribution >= 4 is 45.0 Å². The Labute approximate surface area is 115 Å². The van der Waals surface area contributed by atoms with Crippen LogP contribution in [0.15, 0.2) is 24.3 Å². The van der Waals surface area contributed by atoms with Crippen molar-refractivity contribution in [1.29, 1.82) is 0 Å². The number of rotatable bonds is 0. The van der Waals surface area contributed by atoms with E-state index in [2.05, 4.69) is 4.98 Å². The van der Waals surface area contributed by atoms with E-state index < -0.39 is 17.5 Å². The van der Waals surface area contributed by atoms with E-state index in [9.17, 15) is 13.2 Å². The molecule has 3 rings (SSSR count). The number of aromatic nitrogens is 1. The third-order valence-electron chi connectivity index (χ3n) is 2.80. The first-order valence-corrected chi connectivity index (χ1v) is 5.96. The van der Waals surface area contributed by atoms with Crippen molar-refractivity contribution < 1.29 is 13.2 Å². The Hall–Kier alpha value is -1.52. The average Bonchev–Trinajstić information content (AvgIpc) is 2.38. The molecule has 0 saturated heterocycles. The van der Waals surface area contributed by atoms with Crippen molar-refractivity contribution in [3.05, 3.63) is 51.8 Å². The van der Waals surface area contributed by atoms with E-state index in [1.807, 2.05) is 0 Å².